The second-order valence-electron chi connectivity index (χ2n) is 3.26. The summed E-state index contributed by atoms with van der Waals surface area (Å²) >= 11 is 5.93. The molecule has 0 aliphatic carbocycles. The third-order valence-corrected chi connectivity index (χ3v) is 2.45. The summed E-state index contributed by atoms with van der Waals surface area (Å²) in [4.78, 5) is 8.01. The van der Waals surface area contributed by atoms with Crippen LogP contribution in [-0.2, 0) is 0 Å². The molecule has 0 saturated carbocycles. The van der Waals surface area contributed by atoms with E-state index in [2.05, 4.69) is 15.3 Å². The SMILES string of the molecule is COc1cc(Nc2nccnc2N)ccc1Cl. The van der Waals surface area contributed by atoms with Gasteiger partial charge in [-0.25, -0.2) is 9.97 Å². The zero-order valence-corrected chi connectivity index (χ0v) is 9.90. The Bertz CT molecular complexity index is 533. The summed E-state index contributed by atoms with van der Waals surface area (Å²) in [5, 5.41) is 3.58. The monoisotopic (exact) mass is 250 g/mol. The Hall–Kier alpha value is -2.01. The quantitative estimate of drug-likeness (QED) is 0.875. The van der Waals surface area contributed by atoms with Crippen LogP contribution in [0.25, 0.3) is 0 Å². The maximum absolute atomic E-state index is 5.93. The number of ether oxygens (including phenoxy) is 1. The van der Waals surface area contributed by atoms with E-state index in [4.69, 9.17) is 22.1 Å². The highest BCUT2D eigenvalue weighted by atomic mass is 35.5. The standard InChI is InChI=1S/C11H11ClN4O/c1-17-9-6-7(2-3-8(9)12)16-11-10(13)14-4-5-15-11/h2-6H,1H3,(H2,13,14)(H,15,16). The average molecular weight is 251 g/mol. The number of hydrogen-bond donors (Lipinski definition) is 2. The van der Waals surface area contributed by atoms with Crippen molar-refractivity contribution in [3.8, 4) is 5.75 Å². The summed E-state index contributed by atoms with van der Waals surface area (Å²) in [5.74, 6) is 1.41. The molecule has 0 aliphatic rings. The molecule has 6 heteroatoms. The van der Waals surface area contributed by atoms with Crippen LogP contribution in [0.1, 0.15) is 0 Å². The average Bonchev–Trinajstić information content (AvgIpc) is 2.34. The molecule has 0 spiro atoms. The molecule has 1 aromatic carbocycles. The zero-order chi connectivity index (χ0) is 12.3. The Labute approximate surface area is 104 Å². The van der Waals surface area contributed by atoms with Crippen molar-refractivity contribution in [2.24, 2.45) is 0 Å². The number of hydrogen-bond acceptors (Lipinski definition) is 5. The van der Waals surface area contributed by atoms with Gasteiger partial charge in [0.15, 0.2) is 11.6 Å². The van der Waals surface area contributed by atoms with Crippen molar-refractivity contribution in [3.63, 3.8) is 0 Å². The minimum absolute atomic E-state index is 0.335. The van der Waals surface area contributed by atoms with E-state index in [-0.39, 0.29) is 0 Å². The highest BCUT2D eigenvalue weighted by Crippen LogP contribution is 2.29. The van der Waals surface area contributed by atoms with Gasteiger partial charge in [-0.3, -0.25) is 0 Å². The van der Waals surface area contributed by atoms with Gasteiger partial charge in [-0.2, -0.15) is 0 Å². The fourth-order valence-electron chi connectivity index (χ4n) is 1.32. The Balaban J connectivity index is 2.28. The Morgan fingerprint density at radius 3 is 2.76 bits per heavy atom. The van der Waals surface area contributed by atoms with E-state index in [0.29, 0.717) is 22.4 Å². The third-order valence-electron chi connectivity index (χ3n) is 2.14. The Morgan fingerprint density at radius 2 is 2.06 bits per heavy atom. The van der Waals surface area contributed by atoms with Crippen molar-refractivity contribution < 1.29 is 4.74 Å². The molecule has 2 rings (SSSR count). The smallest absolute Gasteiger partial charge is 0.173 e. The molecule has 3 N–H and O–H groups in total. The van der Waals surface area contributed by atoms with Crippen LogP contribution in [0.2, 0.25) is 5.02 Å². The number of benzene rings is 1. The van der Waals surface area contributed by atoms with Gasteiger partial charge >= 0.3 is 0 Å². The minimum atomic E-state index is 0.335. The van der Waals surface area contributed by atoms with Crippen molar-refractivity contribution in [1.82, 2.24) is 9.97 Å². The van der Waals surface area contributed by atoms with Gasteiger partial charge < -0.3 is 15.8 Å². The van der Waals surface area contributed by atoms with Crippen LogP contribution >= 0.6 is 11.6 Å². The van der Waals surface area contributed by atoms with Gasteiger partial charge in [-0.1, -0.05) is 11.6 Å². The molecule has 0 atom stereocenters. The van der Waals surface area contributed by atoms with Crippen molar-refractivity contribution in [2.45, 2.75) is 0 Å². The summed E-state index contributed by atoms with van der Waals surface area (Å²) in [5.41, 5.74) is 6.45. The van der Waals surface area contributed by atoms with Crippen LogP contribution in [0, 0.1) is 0 Å². The summed E-state index contributed by atoms with van der Waals surface area (Å²) in [6.45, 7) is 0. The number of aromatic nitrogens is 2. The van der Waals surface area contributed by atoms with E-state index >= 15 is 0 Å². The van der Waals surface area contributed by atoms with Gasteiger partial charge in [0.1, 0.15) is 5.75 Å². The van der Waals surface area contributed by atoms with E-state index in [1.54, 1.807) is 31.5 Å². The minimum Gasteiger partial charge on any atom is -0.495 e. The third kappa shape index (κ3) is 2.57. The highest BCUT2D eigenvalue weighted by Gasteiger charge is 2.05. The second kappa shape index (κ2) is 4.88. The summed E-state index contributed by atoms with van der Waals surface area (Å²) < 4.78 is 5.11. The lowest BCUT2D eigenvalue weighted by molar-refractivity contribution is 0.415. The summed E-state index contributed by atoms with van der Waals surface area (Å²) in [6.07, 6.45) is 3.09. The maximum Gasteiger partial charge on any atom is 0.173 e. The van der Waals surface area contributed by atoms with Gasteiger partial charge in [-0.05, 0) is 12.1 Å². The lowest BCUT2D eigenvalue weighted by Crippen LogP contribution is -2.00. The van der Waals surface area contributed by atoms with Crippen LogP contribution in [0.3, 0.4) is 0 Å². The molecule has 0 bridgehead atoms. The molecule has 5 nitrogen and oxygen atoms in total. The molecule has 0 aliphatic heterocycles. The largest absolute Gasteiger partial charge is 0.495 e. The molecule has 0 unspecified atom stereocenters. The van der Waals surface area contributed by atoms with E-state index in [0.717, 1.165) is 5.69 Å². The first-order valence-corrected chi connectivity index (χ1v) is 5.25. The van der Waals surface area contributed by atoms with Crippen LogP contribution in [-0.4, -0.2) is 17.1 Å². The molecule has 0 amide bonds. The Morgan fingerprint density at radius 1 is 1.29 bits per heavy atom. The number of rotatable bonds is 3. The number of nitrogens with two attached hydrogens (primary N) is 1. The van der Waals surface area contributed by atoms with E-state index in [1.165, 1.54) is 6.20 Å². The molecular weight excluding hydrogens is 240 g/mol. The van der Waals surface area contributed by atoms with Gasteiger partial charge in [0, 0.05) is 24.1 Å². The molecule has 0 fully saturated rings. The number of nitrogens with zero attached hydrogens (tertiary/aromatic N) is 2. The molecule has 17 heavy (non-hydrogen) atoms. The fraction of sp³-hybridized carbons (Fsp3) is 0.0909. The van der Waals surface area contributed by atoms with Crippen LogP contribution in [0.4, 0.5) is 17.3 Å². The van der Waals surface area contributed by atoms with Crippen LogP contribution < -0.4 is 15.8 Å². The van der Waals surface area contributed by atoms with E-state index in [9.17, 15) is 0 Å². The van der Waals surface area contributed by atoms with Crippen molar-refractivity contribution in [1.29, 1.82) is 0 Å². The van der Waals surface area contributed by atoms with Crippen LogP contribution in [0.5, 0.6) is 5.75 Å². The first kappa shape index (κ1) is 11.5. The van der Waals surface area contributed by atoms with Gasteiger partial charge in [0.25, 0.3) is 0 Å². The fourth-order valence-corrected chi connectivity index (χ4v) is 1.51. The lowest BCUT2D eigenvalue weighted by Gasteiger charge is -2.09. The predicted octanol–water partition coefficient (Wildman–Crippen LogP) is 2.46. The summed E-state index contributed by atoms with van der Waals surface area (Å²) in [7, 11) is 1.56. The molecular formula is C11H11ClN4O. The molecule has 1 heterocycles. The normalized spacial score (nSPS) is 10.0. The number of methoxy groups -OCH3 is 1. The number of anilines is 3. The van der Waals surface area contributed by atoms with Gasteiger partial charge in [-0.15, -0.1) is 0 Å². The molecule has 1 aromatic heterocycles. The highest BCUT2D eigenvalue weighted by molar-refractivity contribution is 6.32. The molecule has 88 valence electrons. The van der Waals surface area contributed by atoms with Crippen LogP contribution in [0.15, 0.2) is 30.6 Å². The Kier molecular flexibility index (Phi) is 3.30. The zero-order valence-electron chi connectivity index (χ0n) is 9.14. The number of nitrogen functional groups attached to an aromatic ring is 1. The number of nitrogens with one attached hydrogen (secondary N) is 1. The second-order valence-corrected chi connectivity index (χ2v) is 3.67. The van der Waals surface area contributed by atoms with Crippen molar-refractivity contribution in [3.05, 3.63) is 35.6 Å². The van der Waals surface area contributed by atoms with E-state index < -0.39 is 0 Å². The molecule has 0 radical (unpaired) electrons. The van der Waals surface area contributed by atoms with Gasteiger partial charge in [0.2, 0.25) is 0 Å². The number of halogens is 1. The van der Waals surface area contributed by atoms with Gasteiger partial charge in [0.05, 0.1) is 12.1 Å². The lowest BCUT2D eigenvalue weighted by atomic mass is 10.3. The first-order valence-electron chi connectivity index (χ1n) is 4.88. The van der Waals surface area contributed by atoms with Crippen molar-refractivity contribution >= 4 is 28.9 Å². The predicted molar refractivity (Wildman–Crippen MR) is 67.7 cm³/mol. The summed E-state index contributed by atoms with van der Waals surface area (Å²) in [6, 6.07) is 5.30. The van der Waals surface area contributed by atoms with Crippen molar-refractivity contribution in [2.75, 3.05) is 18.2 Å². The maximum atomic E-state index is 5.93. The molecule has 2 aromatic rings. The van der Waals surface area contributed by atoms with E-state index in [1.807, 2.05) is 0 Å². The molecule has 0 saturated heterocycles. The first-order chi connectivity index (χ1) is 8.20. The topological polar surface area (TPSA) is 73.1 Å².